The lowest BCUT2D eigenvalue weighted by molar-refractivity contribution is -0.138. The van der Waals surface area contributed by atoms with Crippen molar-refractivity contribution in [3.8, 4) is 0 Å². The van der Waals surface area contributed by atoms with Crippen LogP contribution in [-0.4, -0.2) is 27.2 Å². The van der Waals surface area contributed by atoms with Crippen molar-refractivity contribution in [1.82, 2.24) is 10.2 Å². The second-order valence-corrected chi connectivity index (χ2v) is 5.47. The van der Waals surface area contributed by atoms with Gasteiger partial charge in [0, 0.05) is 11.9 Å². The van der Waals surface area contributed by atoms with Crippen LogP contribution in [-0.2, 0) is 6.18 Å². The van der Waals surface area contributed by atoms with Crippen LogP contribution in [0.4, 0.5) is 13.2 Å². The average molecular weight is 258 g/mol. The molecule has 1 N–H and O–H groups in total. The van der Waals surface area contributed by atoms with Gasteiger partial charge in [0.2, 0.25) is 5.01 Å². The fraction of sp³-hybridized carbons (Fsp3) is 0.714. The van der Waals surface area contributed by atoms with Crippen molar-refractivity contribution in [2.45, 2.75) is 29.1 Å². The topological polar surface area (TPSA) is 46.0 Å². The van der Waals surface area contributed by atoms with Crippen molar-refractivity contribution in [3.63, 3.8) is 0 Å². The minimum atomic E-state index is -4.42. The number of nitrogens with zero attached hydrogens (tertiary/aromatic N) is 2. The van der Waals surface area contributed by atoms with Crippen LogP contribution in [0.2, 0.25) is 0 Å². The Kier molecular flexibility index (Phi) is 4.35. The third-order valence-electron chi connectivity index (χ3n) is 1.49. The zero-order valence-electron chi connectivity index (χ0n) is 7.78. The van der Waals surface area contributed by atoms with E-state index in [2.05, 4.69) is 10.2 Å². The molecule has 0 bridgehead atoms. The summed E-state index contributed by atoms with van der Waals surface area (Å²) >= 11 is 1.72. The van der Waals surface area contributed by atoms with Gasteiger partial charge in [-0.25, -0.2) is 0 Å². The van der Waals surface area contributed by atoms with Gasteiger partial charge in [0.05, 0.1) is 0 Å². The minimum Gasteiger partial charge on any atom is -0.396 e. The monoisotopic (exact) mass is 258 g/mol. The van der Waals surface area contributed by atoms with Gasteiger partial charge in [0.1, 0.15) is 0 Å². The molecule has 1 aromatic heterocycles. The van der Waals surface area contributed by atoms with Crippen LogP contribution < -0.4 is 0 Å². The van der Waals surface area contributed by atoms with E-state index >= 15 is 0 Å². The van der Waals surface area contributed by atoms with Crippen LogP contribution in [0.25, 0.3) is 0 Å². The predicted octanol–water partition coefficient (Wildman–Crippen LogP) is 2.42. The smallest absolute Gasteiger partial charge is 0.396 e. The molecule has 0 spiro atoms. The minimum absolute atomic E-state index is 0.0130. The summed E-state index contributed by atoms with van der Waals surface area (Å²) in [4.78, 5) is 0. The number of halogens is 3. The van der Waals surface area contributed by atoms with Crippen LogP contribution in [0.3, 0.4) is 0 Å². The lowest BCUT2D eigenvalue weighted by atomic mass is 10.4. The number of alkyl halides is 3. The molecule has 0 saturated heterocycles. The van der Waals surface area contributed by atoms with Gasteiger partial charge in [0.15, 0.2) is 4.34 Å². The van der Waals surface area contributed by atoms with Gasteiger partial charge < -0.3 is 5.11 Å². The zero-order valence-corrected chi connectivity index (χ0v) is 9.42. The third kappa shape index (κ3) is 3.96. The molecule has 1 unspecified atom stereocenters. The van der Waals surface area contributed by atoms with Gasteiger partial charge in [-0.1, -0.05) is 30.0 Å². The maximum atomic E-state index is 12.1. The van der Waals surface area contributed by atoms with Crippen LogP contribution in [0.1, 0.15) is 18.4 Å². The second-order valence-electron chi connectivity index (χ2n) is 2.81. The molecule has 0 amide bonds. The number of aromatic nitrogens is 2. The fourth-order valence-corrected chi connectivity index (χ4v) is 2.81. The Morgan fingerprint density at radius 2 is 2.13 bits per heavy atom. The summed E-state index contributed by atoms with van der Waals surface area (Å²) in [7, 11) is 0. The molecule has 0 aliphatic rings. The summed E-state index contributed by atoms with van der Waals surface area (Å²) in [6.45, 7) is 1.83. The van der Waals surface area contributed by atoms with Crippen LogP contribution >= 0.6 is 23.1 Å². The maximum Gasteiger partial charge on any atom is 0.445 e. The molecule has 0 aliphatic carbocycles. The third-order valence-corrected chi connectivity index (χ3v) is 3.71. The Hall–Kier alpha value is -0.340. The number of rotatable bonds is 4. The summed E-state index contributed by atoms with van der Waals surface area (Å²) in [6.07, 6.45) is -3.90. The van der Waals surface area contributed by atoms with E-state index in [0.29, 0.717) is 17.8 Å². The molecule has 0 aromatic carbocycles. The molecular weight excluding hydrogens is 249 g/mol. The fourth-order valence-electron chi connectivity index (χ4n) is 0.785. The highest BCUT2D eigenvalue weighted by Crippen LogP contribution is 2.35. The van der Waals surface area contributed by atoms with Gasteiger partial charge in [-0.2, -0.15) is 13.2 Å². The van der Waals surface area contributed by atoms with Gasteiger partial charge in [-0.15, -0.1) is 10.2 Å². The number of hydrogen-bond acceptors (Lipinski definition) is 5. The lowest BCUT2D eigenvalue weighted by Crippen LogP contribution is -2.03. The van der Waals surface area contributed by atoms with E-state index in [0.717, 1.165) is 0 Å². The highest BCUT2D eigenvalue weighted by atomic mass is 32.2. The lowest BCUT2D eigenvalue weighted by Gasteiger charge is -2.04. The van der Waals surface area contributed by atoms with Crippen LogP contribution in [0.5, 0.6) is 0 Å². The number of aliphatic hydroxyl groups is 1. The summed E-state index contributed by atoms with van der Waals surface area (Å²) in [6, 6.07) is 0. The van der Waals surface area contributed by atoms with Crippen molar-refractivity contribution in [3.05, 3.63) is 5.01 Å². The molecule has 3 nitrogen and oxygen atoms in total. The molecule has 1 heterocycles. The predicted molar refractivity (Wildman–Crippen MR) is 51.9 cm³/mol. The van der Waals surface area contributed by atoms with E-state index in [9.17, 15) is 13.2 Å². The maximum absolute atomic E-state index is 12.1. The Balaban J connectivity index is 2.61. The molecule has 1 aromatic rings. The Morgan fingerprint density at radius 3 is 2.60 bits per heavy atom. The summed E-state index contributed by atoms with van der Waals surface area (Å²) in [5, 5.41) is 14.2. The molecular formula is C7H9F3N2OS2. The first-order valence-corrected chi connectivity index (χ1v) is 5.81. The molecule has 0 aliphatic heterocycles. The van der Waals surface area contributed by atoms with Crippen molar-refractivity contribution >= 4 is 23.1 Å². The first kappa shape index (κ1) is 12.7. The Bertz CT molecular complexity index is 315. The molecule has 0 saturated carbocycles. The van der Waals surface area contributed by atoms with Gasteiger partial charge >= 0.3 is 6.18 Å². The average Bonchev–Trinajstić information content (AvgIpc) is 2.52. The number of hydrogen-bond donors (Lipinski definition) is 1. The highest BCUT2D eigenvalue weighted by Gasteiger charge is 2.35. The molecule has 1 rings (SSSR count). The van der Waals surface area contributed by atoms with Gasteiger partial charge in [-0.3, -0.25) is 0 Å². The van der Waals surface area contributed by atoms with Crippen molar-refractivity contribution < 1.29 is 18.3 Å². The summed E-state index contributed by atoms with van der Waals surface area (Å²) < 4.78 is 36.7. The second kappa shape index (κ2) is 5.13. The van der Waals surface area contributed by atoms with E-state index in [1.165, 1.54) is 11.8 Å². The molecule has 86 valence electrons. The molecule has 1 atom stereocenters. The van der Waals surface area contributed by atoms with Crippen molar-refractivity contribution in [2.75, 3.05) is 6.61 Å². The largest absolute Gasteiger partial charge is 0.445 e. The highest BCUT2D eigenvalue weighted by molar-refractivity contribution is 8.01. The summed E-state index contributed by atoms with van der Waals surface area (Å²) in [5.41, 5.74) is 0. The molecule has 8 heteroatoms. The van der Waals surface area contributed by atoms with E-state index < -0.39 is 11.2 Å². The van der Waals surface area contributed by atoms with E-state index in [1.807, 2.05) is 6.92 Å². The van der Waals surface area contributed by atoms with E-state index in [4.69, 9.17) is 5.11 Å². The quantitative estimate of drug-likeness (QED) is 0.842. The molecule has 0 fully saturated rings. The van der Waals surface area contributed by atoms with E-state index in [1.54, 1.807) is 0 Å². The number of aliphatic hydroxyl groups excluding tert-OH is 1. The first-order valence-electron chi connectivity index (χ1n) is 4.11. The number of thioether (sulfide) groups is 1. The normalized spacial score (nSPS) is 14.2. The Labute approximate surface area is 92.7 Å². The van der Waals surface area contributed by atoms with E-state index in [-0.39, 0.29) is 16.2 Å². The van der Waals surface area contributed by atoms with Gasteiger partial charge in [0.25, 0.3) is 0 Å². The molecule has 0 radical (unpaired) electrons. The Morgan fingerprint density at radius 1 is 1.47 bits per heavy atom. The van der Waals surface area contributed by atoms with Crippen LogP contribution in [0.15, 0.2) is 4.34 Å². The summed E-state index contributed by atoms with van der Waals surface area (Å²) in [5.74, 6) is 0. The molecule has 15 heavy (non-hydrogen) atoms. The first-order chi connectivity index (χ1) is 6.93. The van der Waals surface area contributed by atoms with Crippen molar-refractivity contribution in [1.29, 1.82) is 0 Å². The van der Waals surface area contributed by atoms with Crippen molar-refractivity contribution in [2.24, 2.45) is 0 Å². The van der Waals surface area contributed by atoms with Crippen LogP contribution in [0, 0.1) is 0 Å². The van der Waals surface area contributed by atoms with Gasteiger partial charge in [-0.05, 0) is 6.42 Å². The zero-order chi connectivity index (χ0) is 11.5. The standard InChI is InChI=1S/C7H9F3N2OS2/c1-4(2-3-13)14-6-12-11-5(15-6)7(8,9)10/h4,13H,2-3H2,1H3. The SMILES string of the molecule is CC(CCO)Sc1nnc(C(F)(F)F)s1.